The predicted molar refractivity (Wildman–Crippen MR) is 133 cm³/mol. The second kappa shape index (κ2) is 9.74. The molecule has 4 rings (SSSR count). The molecule has 2 heterocycles. The van der Waals surface area contributed by atoms with Crippen LogP contribution in [0, 0.1) is 5.41 Å². The molecule has 8 heteroatoms. The minimum Gasteiger partial charge on any atom is -0.493 e. The molecule has 1 N–H and O–H groups in total. The molecular weight excluding hydrogens is 500 g/mol. The number of hydrogen-bond donors (Lipinski definition) is 1. The number of dihydropyridines is 1. The molecule has 1 aromatic rings. The SMILES string of the molecule is CCOc1c(Br)cc(C2C(C(=O)N3CCOCC3)=C(C)NC3=C2C(=O)CC(C)(C)C3)cc1OC. The zero-order valence-corrected chi connectivity index (χ0v) is 22.1. The molecule has 184 valence electrons. The largest absolute Gasteiger partial charge is 0.493 e. The number of nitrogens with one attached hydrogen (secondary N) is 1. The Morgan fingerprint density at radius 2 is 1.97 bits per heavy atom. The fourth-order valence-electron chi connectivity index (χ4n) is 5.18. The Balaban J connectivity index is 1.88. The lowest BCUT2D eigenvalue weighted by atomic mass is 9.68. The van der Waals surface area contributed by atoms with E-state index >= 15 is 0 Å². The number of benzene rings is 1. The van der Waals surface area contributed by atoms with Crippen LogP contribution in [0.25, 0.3) is 0 Å². The van der Waals surface area contributed by atoms with Crippen molar-refractivity contribution in [3.05, 3.63) is 44.7 Å². The van der Waals surface area contributed by atoms with Crippen LogP contribution in [-0.2, 0) is 14.3 Å². The first kappa shape index (κ1) is 24.8. The summed E-state index contributed by atoms with van der Waals surface area (Å²) in [6.07, 6.45) is 1.19. The first-order valence-electron chi connectivity index (χ1n) is 11.8. The van der Waals surface area contributed by atoms with E-state index in [1.165, 1.54) is 0 Å². The van der Waals surface area contributed by atoms with Crippen LogP contribution in [0.15, 0.2) is 39.1 Å². The van der Waals surface area contributed by atoms with E-state index in [1.807, 2.05) is 30.9 Å². The fraction of sp³-hybridized carbons (Fsp3) is 0.538. The Labute approximate surface area is 209 Å². The maximum atomic E-state index is 13.8. The van der Waals surface area contributed by atoms with Crippen LogP contribution in [0.4, 0.5) is 0 Å². The minimum absolute atomic E-state index is 0.0635. The van der Waals surface area contributed by atoms with E-state index in [1.54, 1.807) is 7.11 Å². The first-order valence-corrected chi connectivity index (χ1v) is 12.6. The summed E-state index contributed by atoms with van der Waals surface area (Å²) in [5.74, 6) is 0.691. The van der Waals surface area contributed by atoms with Gasteiger partial charge in [0.2, 0.25) is 0 Å². The number of ether oxygens (including phenoxy) is 3. The number of halogens is 1. The molecule has 1 atom stereocenters. The summed E-state index contributed by atoms with van der Waals surface area (Å²) in [7, 11) is 1.59. The van der Waals surface area contributed by atoms with Crippen molar-refractivity contribution in [3.8, 4) is 11.5 Å². The van der Waals surface area contributed by atoms with Crippen molar-refractivity contribution < 1.29 is 23.8 Å². The van der Waals surface area contributed by atoms with Crippen LogP contribution >= 0.6 is 15.9 Å². The minimum atomic E-state index is -0.490. The molecule has 1 aliphatic carbocycles. The number of ketones is 1. The number of allylic oxidation sites excluding steroid dienone is 3. The molecule has 1 amide bonds. The summed E-state index contributed by atoms with van der Waals surface area (Å²) < 4.78 is 17.6. The van der Waals surface area contributed by atoms with Crippen molar-refractivity contribution in [2.24, 2.45) is 5.41 Å². The van der Waals surface area contributed by atoms with Crippen molar-refractivity contribution in [2.75, 3.05) is 40.0 Å². The average molecular weight is 533 g/mol. The molecule has 0 saturated carbocycles. The Morgan fingerprint density at radius 3 is 2.62 bits per heavy atom. The van der Waals surface area contributed by atoms with Gasteiger partial charge in [0.15, 0.2) is 17.3 Å². The maximum Gasteiger partial charge on any atom is 0.252 e. The van der Waals surface area contributed by atoms with Gasteiger partial charge in [-0.25, -0.2) is 0 Å². The summed E-state index contributed by atoms with van der Waals surface area (Å²) in [5.41, 5.74) is 3.66. The van der Waals surface area contributed by atoms with Crippen molar-refractivity contribution in [1.82, 2.24) is 10.2 Å². The lowest BCUT2D eigenvalue weighted by molar-refractivity contribution is -0.131. The number of methoxy groups -OCH3 is 1. The van der Waals surface area contributed by atoms with Crippen LogP contribution in [0.3, 0.4) is 0 Å². The number of morpholine rings is 1. The van der Waals surface area contributed by atoms with Gasteiger partial charge in [-0.15, -0.1) is 0 Å². The van der Waals surface area contributed by atoms with Gasteiger partial charge >= 0.3 is 0 Å². The average Bonchev–Trinajstić information content (AvgIpc) is 2.78. The van der Waals surface area contributed by atoms with Gasteiger partial charge in [-0.1, -0.05) is 13.8 Å². The molecule has 2 aliphatic heterocycles. The van der Waals surface area contributed by atoms with E-state index in [0.29, 0.717) is 62.0 Å². The van der Waals surface area contributed by atoms with E-state index < -0.39 is 5.92 Å². The molecule has 0 radical (unpaired) electrons. The zero-order valence-electron chi connectivity index (χ0n) is 20.5. The maximum absolute atomic E-state index is 13.8. The van der Waals surface area contributed by atoms with Crippen LogP contribution in [0.5, 0.6) is 11.5 Å². The highest BCUT2D eigenvalue weighted by Gasteiger charge is 2.44. The van der Waals surface area contributed by atoms with Crippen LogP contribution in [-0.4, -0.2) is 56.6 Å². The summed E-state index contributed by atoms with van der Waals surface area (Å²) in [5, 5.41) is 3.44. The Morgan fingerprint density at radius 1 is 1.26 bits per heavy atom. The second-order valence-electron chi connectivity index (χ2n) is 9.80. The van der Waals surface area contributed by atoms with Crippen molar-refractivity contribution in [3.63, 3.8) is 0 Å². The number of nitrogens with zero attached hydrogens (tertiary/aromatic N) is 1. The van der Waals surface area contributed by atoms with Gasteiger partial charge in [0.25, 0.3) is 5.91 Å². The zero-order chi connectivity index (χ0) is 24.6. The van der Waals surface area contributed by atoms with E-state index in [2.05, 4.69) is 35.1 Å². The Hall–Kier alpha value is -2.32. The summed E-state index contributed by atoms with van der Waals surface area (Å²) in [6, 6.07) is 3.84. The van der Waals surface area contributed by atoms with Crippen molar-refractivity contribution in [1.29, 1.82) is 0 Å². The number of Topliss-reactive ketones (excluding diaryl/α,β-unsaturated/α-hetero) is 1. The van der Waals surface area contributed by atoms with Gasteiger partial charge in [0.1, 0.15) is 0 Å². The third kappa shape index (κ3) is 4.62. The summed E-state index contributed by atoms with van der Waals surface area (Å²) >= 11 is 3.63. The van der Waals surface area contributed by atoms with Crippen molar-refractivity contribution >= 4 is 27.6 Å². The quantitative estimate of drug-likeness (QED) is 0.608. The molecule has 0 spiro atoms. The molecule has 7 nitrogen and oxygen atoms in total. The molecule has 0 aromatic heterocycles. The highest BCUT2D eigenvalue weighted by Crippen LogP contribution is 2.49. The molecule has 1 unspecified atom stereocenters. The smallest absolute Gasteiger partial charge is 0.252 e. The third-order valence-electron chi connectivity index (χ3n) is 6.64. The van der Waals surface area contributed by atoms with Gasteiger partial charge in [-0.2, -0.15) is 0 Å². The van der Waals surface area contributed by atoms with Gasteiger partial charge < -0.3 is 24.4 Å². The molecule has 1 fully saturated rings. The number of amides is 1. The van der Waals surface area contributed by atoms with E-state index in [4.69, 9.17) is 14.2 Å². The number of carbonyl (C=O) groups is 2. The monoisotopic (exact) mass is 532 g/mol. The summed E-state index contributed by atoms with van der Waals surface area (Å²) in [6.45, 7) is 10.6. The van der Waals surface area contributed by atoms with Crippen molar-refractivity contribution in [2.45, 2.75) is 46.5 Å². The van der Waals surface area contributed by atoms with Gasteiger partial charge in [0, 0.05) is 48.0 Å². The lowest BCUT2D eigenvalue weighted by Crippen LogP contribution is -2.45. The third-order valence-corrected chi connectivity index (χ3v) is 7.23. The molecule has 1 aromatic carbocycles. The van der Waals surface area contributed by atoms with Gasteiger partial charge in [-0.3, -0.25) is 9.59 Å². The number of rotatable bonds is 5. The van der Waals surface area contributed by atoms with E-state index in [9.17, 15) is 9.59 Å². The normalized spacial score (nSPS) is 22.4. The molecule has 34 heavy (non-hydrogen) atoms. The molecular formula is C26H33BrN2O5. The van der Waals surface area contributed by atoms with Crippen LogP contribution < -0.4 is 14.8 Å². The first-order chi connectivity index (χ1) is 16.2. The highest BCUT2D eigenvalue weighted by atomic mass is 79.9. The van der Waals surface area contributed by atoms with Crippen LogP contribution in [0.1, 0.15) is 52.0 Å². The van der Waals surface area contributed by atoms with Gasteiger partial charge in [-0.05, 0) is 59.3 Å². The van der Waals surface area contributed by atoms with Gasteiger partial charge in [0.05, 0.1) is 31.4 Å². The molecule has 3 aliphatic rings. The topological polar surface area (TPSA) is 77.1 Å². The molecule has 0 bridgehead atoms. The Bertz CT molecular complexity index is 1070. The molecule has 1 saturated heterocycles. The number of hydrogen-bond acceptors (Lipinski definition) is 6. The summed E-state index contributed by atoms with van der Waals surface area (Å²) in [4.78, 5) is 29.2. The van der Waals surface area contributed by atoms with E-state index in [0.717, 1.165) is 27.9 Å². The lowest BCUT2D eigenvalue weighted by Gasteiger charge is -2.41. The Kier molecular flexibility index (Phi) is 7.10. The fourth-order valence-corrected chi connectivity index (χ4v) is 5.75. The number of carbonyl (C=O) groups excluding carboxylic acids is 2. The standard InChI is InChI=1S/C26H33BrN2O5/c1-6-34-24-17(27)11-16(12-20(24)32-5)22-21(25(31)29-7-9-33-10-8-29)15(2)28-18-13-26(3,4)14-19(30)23(18)22/h11-12,22,28H,6-10,13-14H2,1-5H3. The second-order valence-corrected chi connectivity index (χ2v) is 10.7. The highest BCUT2D eigenvalue weighted by molar-refractivity contribution is 9.10. The predicted octanol–water partition coefficient (Wildman–Crippen LogP) is 4.32. The van der Waals surface area contributed by atoms with Crippen LogP contribution in [0.2, 0.25) is 0 Å². The van der Waals surface area contributed by atoms with E-state index in [-0.39, 0.29) is 17.1 Å².